The van der Waals surface area contributed by atoms with Gasteiger partial charge in [-0.1, -0.05) is 35.3 Å². The van der Waals surface area contributed by atoms with Crippen LogP contribution in [0.3, 0.4) is 0 Å². The zero-order valence-corrected chi connectivity index (χ0v) is 18.0. The van der Waals surface area contributed by atoms with E-state index in [0.717, 1.165) is 16.8 Å². The van der Waals surface area contributed by atoms with Gasteiger partial charge in [-0.15, -0.1) is 0 Å². The highest BCUT2D eigenvalue weighted by Gasteiger charge is 2.19. The van der Waals surface area contributed by atoms with Crippen LogP contribution in [0.2, 0.25) is 10.0 Å². The number of imidazole rings is 1. The highest BCUT2D eigenvalue weighted by molar-refractivity contribution is 7.98. The molecule has 0 aliphatic rings. The number of para-hydroxylation sites is 2. The molecule has 0 saturated heterocycles. The Morgan fingerprint density at radius 3 is 2.72 bits per heavy atom. The first-order valence-electron chi connectivity index (χ1n) is 8.94. The van der Waals surface area contributed by atoms with E-state index < -0.39 is 5.91 Å². The van der Waals surface area contributed by atoms with Crippen molar-refractivity contribution in [2.75, 3.05) is 18.6 Å². The molecule has 3 rings (SSSR count). The molecule has 152 valence electrons. The molecule has 0 fully saturated rings. The molecule has 9 heteroatoms. The number of carbonyl (C=O) groups is 2. The van der Waals surface area contributed by atoms with E-state index in [1.165, 1.54) is 12.1 Å². The predicted octanol–water partition coefficient (Wildman–Crippen LogP) is 4.21. The lowest BCUT2D eigenvalue weighted by atomic mass is 10.2. The minimum Gasteiger partial charge on any atom is -0.345 e. The number of aromatic amines is 1. The summed E-state index contributed by atoms with van der Waals surface area (Å²) in [5.74, 6) is 0.802. The van der Waals surface area contributed by atoms with Crippen LogP contribution in [-0.2, 0) is 4.79 Å². The van der Waals surface area contributed by atoms with Gasteiger partial charge in [0, 0.05) is 5.02 Å². The van der Waals surface area contributed by atoms with Gasteiger partial charge in [-0.05, 0) is 48.8 Å². The summed E-state index contributed by atoms with van der Waals surface area (Å²) < 4.78 is 0. The number of hydrogen-bond donors (Lipinski definition) is 3. The maximum atomic E-state index is 12.5. The quantitative estimate of drug-likeness (QED) is 0.479. The Hall–Kier alpha value is -2.22. The minimum atomic E-state index is -0.439. The molecule has 0 spiro atoms. The number of rotatable bonds is 8. The van der Waals surface area contributed by atoms with Crippen molar-refractivity contribution in [3.63, 3.8) is 0 Å². The fourth-order valence-electron chi connectivity index (χ4n) is 2.83. The third-order valence-electron chi connectivity index (χ3n) is 4.27. The van der Waals surface area contributed by atoms with Crippen molar-refractivity contribution in [1.29, 1.82) is 0 Å². The maximum absolute atomic E-state index is 12.5. The molecule has 2 amide bonds. The predicted molar refractivity (Wildman–Crippen MR) is 119 cm³/mol. The van der Waals surface area contributed by atoms with Gasteiger partial charge in [-0.25, -0.2) is 4.98 Å². The fraction of sp³-hybridized carbons (Fsp3) is 0.250. The highest BCUT2D eigenvalue weighted by atomic mass is 35.5. The van der Waals surface area contributed by atoms with Crippen molar-refractivity contribution < 1.29 is 9.59 Å². The van der Waals surface area contributed by atoms with E-state index in [1.54, 1.807) is 17.8 Å². The molecule has 29 heavy (non-hydrogen) atoms. The lowest BCUT2D eigenvalue weighted by Crippen LogP contribution is -2.39. The van der Waals surface area contributed by atoms with Gasteiger partial charge in [0.15, 0.2) is 0 Å². The summed E-state index contributed by atoms with van der Waals surface area (Å²) in [6, 6.07) is 12.0. The number of aromatic nitrogens is 2. The van der Waals surface area contributed by atoms with E-state index in [4.69, 9.17) is 23.2 Å². The Morgan fingerprint density at radius 2 is 2.00 bits per heavy atom. The maximum Gasteiger partial charge on any atom is 0.253 e. The zero-order valence-electron chi connectivity index (χ0n) is 15.7. The van der Waals surface area contributed by atoms with Gasteiger partial charge in [0.05, 0.1) is 34.2 Å². The number of H-pyrrole nitrogens is 1. The Balaban J connectivity index is 1.64. The first kappa shape index (κ1) is 21.5. The zero-order chi connectivity index (χ0) is 20.8. The first-order valence-corrected chi connectivity index (χ1v) is 11.1. The number of halogens is 2. The summed E-state index contributed by atoms with van der Waals surface area (Å²) in [4.78, 5) is 32.6. The lowest BCUT2D eigenvalue weighted by molar-refractivity contribution is -0.120. The number of amides is 2. The topological polar surface area (TPSA) is 86.9 Å². The van der Waals surface area contributed by atoms with Crippen LogP contribution in [0.5, 0.6) is 0 Å². The van der Waals surface area contributed by atoms with Gasteiger partial charge in [0.25, 0.3) is 5.91 Å². The highest BCUT2D eigenvalue weighted by Crippen LogP contribution is 2.21. The van der Waals surface area contributed by atoms with E-state index in [9.17, 15) is 9.59 Å². The second kappa shape index (κ2) is 10.0. The molecular weight excluding hydrogens is 431 g/mol. The number of hydrogen-bond acceptors (Lipinski definition) is 4. The molecule has 0 aliphatic carbocycles. The molecule has 3 N–H and O–H groups in total. The van der Waals surface area contributed by atoms with Crippen molar-refractivity contribution in [3.05, 3.63) is 63.9 Å². The third-order valence-corrected chi connectivity index (χ3v) is 5.46. The molecule has 0 radical (unpaired) electrons. The van der Waals surface area contributed by atoms with Crippen molar-refractivity contribution in [3.8, 4) is 0 Å². The Labute approximate surface area is 182 Å². The monoisotopic (exact) mass is 450 g/mol. The van der Waals surface area contributed by atoms with Gasteiger partial charge in [-0.2, -0.15) is 11.8 Å². The molecule has 0 saturated carbocycles. The lowest BCUT2D eigenvalue weighted by Gasteiger charge is -2.16. The van der Waals surface area contributed by atoms with Crippen LogP contribution < -0.4 is 10.6 Å². The molecule has 2 aromatic carbocycles. The van der Waals surface area contributed by atoms with Gasteiger partial charge in [0.1, 0.15) is 5.82 Å². The summed E-state index contributed by atoms with van der Waals surface area (Å²) in [6.07, 6.45) is 2.72. The Morgan fingerprint density at radius 1 is 1.21 bits per heavy atom. The standard InChI is InChI=1S/C20H20Cl2N4O2S/c1-29-9-8-17(19-25-15-4-2-3-5-16(15)26-19)24-18(27)11-23-20(28)13-7-6-12(21)10-14(13)22/h2-7,10,17H,8-9,11H2,1H3,(H,23,28)(H,24,27)(H,25,26)/t17-/m0/s1. The average Bonchev–Trinajstić information content (AvgIpc) is 3.13. The van der Waals surface area contributed by atoms with Crippen LogP contribution >= 0.6 is 35.0 Å². The molecule has 1 atom stereocenters. The fourth-order valence-corrected chi connectivity index (χ4v) is 3.79. The van der Waals surface area contributed by atoms with E-state index in [0.29, 0.717) is 17.3 Å². The van der Waals surface area contributed by atoms with E-state index in [2.05, 4.69) is 20.6 Å². The van der Waals surface area contributed by atoms with E-state index >= 15 is 0 Å². The van der Waals surface area contributed by atoms with Crippen LogP contribution in [0.1, 0.15) is 28.6 Å². The summed E-state index contributed by atoms with van der Waals surface area (Å²) in [6.45, 7) is -0.173. The van der Waals surface area contributed by atoms with Gasteiger partial charge >= 0.3 is 0 Å². The Bertz CT molecular complexity index is 992. The molecule has 0 aliphatic heterocycles. The van der Waals surface area contributed by atoms with Gasteiger partial charge in [0.2, 0.25) is 5.91 Å². The normalized spacial score (nSPS) is 12.0. The number of thioether (sulfide) groups is 1. The van der Waals surface area contributed by atoms with Crippen molar-refractivity contribution in [2.24, 2.45) is 0 Å². The molecule has 1 aromatic heterocycles. The summed E-state index contributed by atoms with van der Waals surface area (Å²) in [5, 5.41) is 6.20. The molecule has 1 heterocycles. The van der Waals surface area contributed by atoms with Crippen LogP contribution in [0.4, 0.5) is 0 Å². The van der Waals surface area contributed by atoms with Gasteiger partial charge < -0.3 is 15.6 Å². The molecule has 6 nitrogen and oxygen atoms in total. The Kier molecular flexibility index (Phi) is 7.41. The number of nitrogens with one attached hydrogen (secondary N) is 3. The second-order valence-corrected chi connectivity index (χ2v) is 8.18. The van der Waals surface area contributed by atoms with Crippen molar-refractivity contribution >= 4 is 57.8 Å². The second-order valence-electron chi connectivity index (χ2n) is 6.35. The number of fused-ring (bicyclic) bond motifs is 1. The van der Waals surface area contributed by atoms with Crippen LogP contribution in [0, 0.1) is 0 Å². The smallest absolute Gasteiger partial charge is 0.253 e. The van der Waals surface area contributed by atoms with Crippen LogP contribution in [0.25, 0.3) is 11.0 Å². The van der Waals surface area contributed by atoms with Crippen LogP contribution in [0.15, 0.2) is 42.5 Å². The molecule has 0 bridgehead atoms. The van der Waals surface area contributed by atoms with Gasteiger partial charge in [-0.3, -0.25) is 9.59 Å². The summed E-state index contributed by atoms with van der Waals surface area (Å²) >= 11 is 13.6. The van der Waals surface area contributed by atoms with E-state index in [1.807, 2.05) is 30.5 Å². The molecule has 0 unspecified atom stereocenters. The number of carbonyl (C=O) groups excluding carboxylic acids is 2. The average molecular weight is 451 g/mol. The number of benzene rings is 2. The molecule has 3 aromatic rings. The molecular formula is C20H20Cl2N4O2S. The van der Waals surface area contributed by atoms with Crippen molar-refractivity contribution in [1.82, 2.24) is 20.6 Å². The largest absolute Gasteiger partial charge is 0.345 e. The van der Waals surface area contributed by atoms with Crippen molar-refractivity contribution in [2.45, 2.75) is 12.5 Å². The first-order chi connectivity index (χ1) is 14.0. The van der Waals surface area contributed by atoms with Crippen LogP contribution in [-0.4, -0.2) is 40.3 Å². The third kappa shape index (κ3) is 5.65. The number of nitrogens with zero attached hydrogens (tertiary/aromatic N) is 1. The van der Waals surface area contributed by atoms with E-state index in [-0.39, 0.29) is 29.1 Å². The summed E-state index contributed by atoms with van der Waals surface area (Å²) in [7, 11) is 0. The SMILES string of the molecule is CSCC[C@H](NC(=O)CNC(=O)c1ccc(Cl)cc1Cl)c1nc2ccccc2[nH]1. The minimum absolute atomic E-state index is 0.173. The summed E-state index contributed by atoms with van der Waals surface area (Å²) in [5.41, 5.74) is 2.02.